The highest BCUT2D eigenvalue weighted by atomic mass is 19.1. The van der Waals surface area contributed by atoms with Gasteiger partial charge in [0.15, 0.2) is 5.82 Å². The third-order valence-electron chi connectivity index (χ3n) is 6.50. The number of carboxylic acid groups (broad SMARTS) is 1. The maximum atomic E-state index is 14.3. The third-order valence-corrected chi connectivity index (χ3v) is 6.50. The molecule has 0 aliphatic carbocycles. The number of hydrogen-bond donors (Lipinski definition) is 2. The number of aromatic nitrogens is 3. The summed E-state index contributed by atoms with van der Waals surface area (Å²) in [5, 5.41) is 21.8. The van der Waals surface area contributed by atoms with Crippen molar-refractivity contribution in [3.05, 3.63) is 29.3 Å². The molecule has 0 radical (unpaired) electrons. The summed E-state index contributed by atoms with van der Waals surface area (Å²) < 4.78 is 32.7. The number of aliphatic hydroxyl groups is 1. The van der Waals surface area contributed by atoms with Gasteiger partial charge in [0.25, 0.3) is 6.47 Å². The molecule has 2 N–H and O–H groups in total. The number of pyridine rings is 1. The molecule has 2 aromatic rings. The molecular weight excluding hydrogens is 459 g/mol. The van der Waals surface area contributed by atoms with E-state index in [-0.39, 0.29) is 12.4 Å². The van der Waals surface area contributed by atoms with Gasteiger partial charge < -0.3 is 24.4 Å². The first-order valence-electron chi connectivity index (χ1n) is 11.8. The van der Waals surface area contributed by atoms with Crippen LogP contribution in [0.25, 0.3) is 5.69 Å². The summed E-state index contributed by atoms with van der Waals surface area (Å²) in [6.07, 6.45) is 4.90. The first-order valence-corrected chi connectivity index (χ1v) is 11.8. The molecule has 35 heavy (non-hydrogen) atoms. The second kappa shape index (κ2) is 12.3. The number of ether oxygens (including phenoxy) is 3. The molecule has 0 spiro atoms. The smallest absolute Gasteiger partial charge is 0.290 e. The molecule has 2 aromatic heterocycles. The summed E-state index contributed by atoms with van der Waals surface area (Å²) in [5.41, 5.74) is 1.89. The lowest BCUT2D eigenvalue weighted by atomic mass is 9.83. The molecule has 1 fully saturated rings. The van der Waals surface area contributed by atoms with Crippen molar-refractivity contribution < 1.29 is 33.6 Å². The maximum absolute atomic E-state index is 14.3. The van der Waals surface area contributed by atoms with Crippen LogP contribution in [0.5, 0.6) is 11.8 Å². The quantitative estimate of drug-likeness (QED) is 0.558. The molecule has 2 aliphatic heterocycles. The summed E-state index contributed by atoms with van der Waals surface area (Å²) in [6, 6.07) is 1.38. The fourth-order valence-corrected chi connectivity index (χ4v) is 4.56. The molecule has 11 heteroatoms. The number of hydrogen-bond acceptors (Lipinski definition) is 8. The van der Waals surface area contributed by atoms with E-state index in [9.17, 15) is 9.50 Å². The lowest BCUT2D eigenvalue weighted by Gasteiger charge is -2.37. The van der Waals surface area contributed by atoms with Crippen LogP contribution in [-0.2, 0) is 22.4 Å². The van der Waals surface area contributed by atoms with Crippen LogP contribution in [0.15, 0.2) is 12.3 Å². The molecule has 0 atom stereocenters. The van der Waals surface area contributed by atoms with Crippen molar-refractivity contribution in [3.8, 4) is 17.4 Å². The highest BCUT2D eigenvalue weighted by Crippen LogP contribution is 2.30. The largest absolute Gasteiger partial charge is 0.483 e. The van der Waals surface area contributed by atoms with Crippen molar-refractivity contribution in [1.82, 2.24) is 19.7 Å². The Bertz CT molecular complexity index is 970. The van der Waals surface area contributed by atoms with E-state index in [1.165, 1.54) is 13.2 Å². The number of halogens is 1. The van der Waals surface area contributed by atoms with Crippen molar-refractivity contribution in [1.29, 1.82) is 0 Å². The Morgan fingerprint density at radius 2 is 1.94 bits per heavy atom. The average molecular weight is 495 g/mol. The van der Waals surface area contributed by atoms with Crippen molar-refractivity contribution in [2.24, 2.45) is 5.92 Å². The van der Waals surface area contributed by atoms with E-state index in [4.69, 9.17) is 24.1 Å². The fourth-order valence-electron chi connectivity index (χ4n) is 4.56. The number of carbonyl (C=O) groups is 1. The molecule has 0 amide bonds. The topological polar surface area (TPSA) is 119 Å². The zero-order chi connectivity index (χ0) is 25.4. The number of likely N-dealkylation sites (tertiary alicyclic amines) is 1. The molecule has 194 valence electrons. The predicted octanol–water partition coefficient (Wildman–Crippen LogP) is 2.09. The maximum Gasteiger partial charge on any atom is 0.290 e. The Morgan fingerprint density at radius 3 is 2.57 bits per heavy atom. The molecule has 4 heterocycles. The van der Waals surface area contributed by atoms with Crippen LogP contribution < -0.4 is 9.47 Å². The van der Waals surface area contributed by atoms with Gasteiger partial charge in [-0.2, -0.15) is 0 Å². The number of piperidine rings is 1. The van der Waals surface area contributed by atoms with Gasteiger partial charge >= 0.3 is 0 Å². The lowest BCUT2D eigenvalue weighted by Crippen LogP contribution is -2.43. The molecule has 0 saturated carbocycles. The van der Waals surface area contributed by atoms with Gasteiger partial charge in [0.05, 0.1) is 43.5 Å². The molecule has 4 rings (SSSR count). The van der Waals surface area contributed by atoms with Gasteiger partial charge in [-0.25, -0.2) is 14.1 Å². The first kappa shape index (κ1) is 26.8. The monoisotopic (exact) mass is 494 g/mol. The average Bonchev–Trinajstić information content (AvgIpc) is 2.99. The van der Waals surface area contributed by atoms with Crippen LogP contribution in [0.4, 0.5) is 4.39 Å². The molecule has 10 nitrogen and oxygen atoms in total. The second-order valence-corrected chi connectivity index (χ2v) is 9.16. The normalized spacial score (nSPS) is 17.1. The molecule has 0 bridgehead atoms. The van der Waals surface area contributed by atoms with E-state index in [1.54, 1.807) is 10.9 Å². The third kappa shape index (κ3) is 6.89. The minimum absolute atomic E-state index is 0.0415. The summed E-state index contributed by atoms with van der Waals surface area (Å²) in [7, 11) is 1.39. The van der Waals surface area contributed by atoms with Crippen LogP contribution in [0.1, 0.15) is 37.9 Å². The van der Waals surface area contributed by atoms with Gasteiger partial charge in [-0.1, -0.05) is 0 Å². The molecule has 1 saturated heterocycles. The van der Waals surface area contributed by atoms with Crippen molar-refractivity contribution in [2.75, 3.05) is 46.6 Å². The number of methoxy groups -OCH3 is 1. The molecule has 2 aliphatic rings. The zero-order valence-corrected chi connectivity index (χ0v) is 20.6. The highest BCUT2D eigenvalue weighted by Gasteiger charge is 2.30. The molecular formula is C24H35FN4O6. The Kier molecular flexibility index (Phi) is 9.41. The minimum atomic E-state index is -0.620. The number of rotatable bonds is 7. The molecule has 0 unspecified atom stereocenters. The Balaban J connectivity index is 0.00000108. The number of nitrogens with zero attached hydrogens (tertiary/aromatic N) is 4. The summed E-state index contributed by atoms with van der Waals surface area (Å²) in [5.74, 6) is 0.342. The van der Waals surface area contributed by atoms with Gasteiger partial charge in [-0.15, -0.1) is 5.10 Å². The standard InChI is InChI=1S/C23H33FN4O4.CH2O2/c1-23(2,29)16-4-8-27(9-5-16)10-13-32-21-18-6-11-31-12-7-20(18)28(26-21)17-14-19(24)22(30-3)25-15-17;2-1-3/h14-16,29H,4-13H2,1-3H3;1H,(H,2,3). The van der Waals surface area contributed by atoms with Gasteiger partial charge in [-0.05, 0) is 45.7 Å². The van der Waals surface area contributed by atoms with E-state index in [0.29, 0.717) is 50.1 Å². The van der Waals surface area contributed by atoms with Crippen LogP contribution >= 0.6 is 0 Å². The van der Waals surface area contributed by atoms with E-state index >= 15 is 0 Å². The van der Waals surface area contributed by atoms with Gasteiger partial charge in [-0.3, -0.25) is 9.69 Å². The van der Waals surface area contributed by atoms with E-state index in [2.05, 4.69) is 15.0 Å². The van der Waals surface area contributed by atoms with E-state index < -0.39 is 11.4 Å². The minimum Gasteiger partial charge on any atom is -0.483 e. The van der Waals surface area contributed by atoms with Crippen LogP contribution in [0.3, 0.4) is 0 Å². The lowest BCUT2D eigenvalue weighted by molar-refractivity contribution is -0.122. The van der Waals surface area contributed by atoms with Crippen LogP contribution in [0, 0.1) is 11.7 Å². The summed E-state index contributed by atoms with van der Waals surface area (Å²) in [4.78, 5) is 14.8. The SMILES string of the molecule is COc1ncc(-n2nc(OCCN3CCC(C(C)(C)O)CC3)c3c2CCOCC3)cc1F.O=CO. The molecule has 0 aromatic carbocycles. The highest BCUT2D eigenvalue weighted by molar-refractivity contribution is 5.41. The van der Waals surface area contributed by atoms with Crippen molar-refractivity contribution in [2.45, 2.75) is 45.1 Å². The van der Waals surface area contributed by atoms with Crippen molar-refractivity contribution >= 4 is 6.47 Å². The van der Waals surface area contributed by atoms with E-state index in [0.717, 1.165) is 43.7 Å². The van der Waals surface area contributed by atoms with Gasteiger partial charge in [0, 0.05) is 31.0 Å². The summed E-state index contributed by atoms with van der Waals surface area (Å²) in [6.45, 7) is 7.96. The van der Waals surface area contributed by atoms with Crippen LogP contribution in [0.2, 0.25) is 0 Å². The Labute approximate surface area is 204 Å². The number of fused-ring (bicyclic) bond motifs is 1. The Morgan fingerprint density at radius 1 is 1.26 bits per heavy atom. The van der Waals surface area contributed by atoms with Crippen molar-refractivity contribution in [3.63, 3.8) is 0 Å². The predicted molar refractivity (Wildman–Crippen MR) is 126 cm³/mol. The summed E-state index contributed by atoms with van der Waals surface area (Å²) >= 11 is 0. The van der Waals surface area contributed by atoms with Gasteiger partial charge in [0.2, 0.25) is 11.8 Å². The van der Waals surface area contributed by atoms with Crippen LogP contribution in [-0.4, -0.2) is 88.5 Å². The van der Waals surface area contributed by atoms with Gasteiger partial charge in [0.1, 0.15) is 6.61 Å². The fraction of sp³-hybridized carbons (Fsp3) is 0.625. The van der Waals surface area contributed by atoms with E-state index in [1.807, 2.05) is 13.8 Å². The zero-order valence-electron chi connectivity index (χ0n) is 20.6. The first-order chi connectivity index (χ1) is 16.8. The second-order valence-electron chi connectivity index (χ2n) is 9.16. The Hall–Kier alpha value is -2.76.